The van der Waals surface area contributed by atoms with Crippen LogP contribution in [0.3, 0.4) is 0 Å². The molecule has 1 N–H and O–H groups in total. The Balaban J connectivity index is 2.81. The van der Waals surface area contributed by atoms with E-state index in [1.165, 1.54) is 32.9 Å². The maximum atomic E-state index is 12.8. The van der Waals surface area contributed by atoms with Crippen molar-refractivity contribution >= 4 is 15.7 Å². The largest absolute Gasteiger partial charge is 0.417 e. The summed E-state index contributed by atoms with van der Waals surface area (Å²) in [6, 6.07) is 4.36. The minimum Gasteiger partial charge on any atom is -0.351 e. The van der Waals surface area contributed by atoms with Gasteiger partial charge in [0.05, 0.1) is 21.6 Å². The van der Waals surface area contributed by atoms with Crippen molar-refractivity contribution in [3.63, 3.8) is 0 Å². The Kier molecular flexibility index (Phi) is 5.27. The van der Waals surface area contributed by atoms with E-state index >= 15 is 0 Å². The molecule has 0 unspecified atom stereocenters. The smallest absolute Gasteiger partial charge is 0.351 e. The number of sulfone groups is 1. The first-order valence-corrected chi connectivity index (χ1v) is 8.18. The summed E-state index contributed by atoms with van der Waals surface area (Å²) in [4.78, 5) is 11.8. The SMILES string of the molecule is CC(C)(C)S(=O)(=O)CCNC(=O)c1ccccc1C(F)(F)F. The zero-order chi connectivity index (χ0) is 17.2. The highest BCUT2D eigenvalue weighted by Crippen LogP contribution is 2.31. The highest BCUT2D eigenvalue weighted by Gasteiger charge is 2.35. The lowest BCUT2D eigenvalue weighted by Crippen LogP contribution is -2.36. The van der Waals surface area contributed by atoms with E-state index < -0.39 is 37.8 Å². The molecule has 0 aliphatic rings. The van der Waals surface area contributed by atoms with Crippen LogP contribution in [0.1, 0.15) is 36.7 Å². The number of hydrogen-bond acceptors (Lipinski definition) is 3. The minimum absolute atomic E-state index is 0.245. The third kappa shape index (κ3) is 4.46. The van der Waals surface area contributed by atoms with Crippen LogP contribution in [0.25, 0.3) is 0 Å². The maximum Gasteiger partial charge on any atom is 0.417 e. The summed E-state index contributed by atoms with van der Waals surface area (Å²) >= 11 is 0. The Bertz CT molecular complexity index is 646. The number of nitrogens with one attached hydrogen (secondary N) is 1. The summed E-state index contributed by atoms with van der Waals surface area (Å²) in [6.45, 7) is 4.31. The fourth-order valence-corrected chi connectivity index (χ4v) is 2.61. The van der Waals surface area contributed by atoms with Crippen molar-refractivity contribution in [3.05, 3.63) is 35.4 Å². The lowest BCUT2D eigenvalue weighted by molar-refractivity contribution is -0.137. The predicted octanol–water partition coefficient (Wildman–Crippen LogP) is 2.65. The van der Waals surface area contributed by atoms with Gasteiger partial charge in [0.1, 0.15) is 0 Å². The van der Waals surface area contributed by atoms with Gasteiger partial charge in [0.25, 0.3) is 5.91 Å². The average Bonchev–Trinajstić information content (AvgIpc) is 2.36. The molecule has 0 spiro atoms. The summed E-state index contributed by atoms with van der Waals surface area (Å²) in [5, 5.41) is 2.22. The molecule has 1 amide bonds. The number of carbonyl (C=O) groups is 1. The molecule has 0 saturated carbocycles. The number of rotatable bonds is 4. The van der Waals surface area contributed by atoms with Gasteiger partial charge in [-0.1, -0.05) is 12.1 Å². The highest BCUT2D eigenvalue weighted by molar-refractivity contribution is 7.92. The first-order chi connectivity index (χ1) is 9.86. The van der Waals surface area contributed by atoms with Crippen molar-refractivity contribution in [2.24, 2.45) is 0 Å². The van der Waals surface area contributed by atoms with Crippen LogP contribution in [0.5, 0.6) is 0 Å². The van der Waals surface area contributed by atoms with E-state index in [9.17, 15) is 26.4 Å². The number of halogens is 3. The number of carbonyl (C=O) groups excluding carboxylic acids is 1. The van der Waals surface area contributed by atoms with Crippen LogP contribution >= 0.6 is 0 Å². The number of alkyl halides is 3. The van der Waals surface area contributed by atoms with Crippen LogP contribution in [0.15, 0.2) is 24.3 Å². The molecule has 0 atom stereocenters. The monoisotopic (exact) mass is 337 g/mol. The maximum absolute atomic E-state index is 12.8. The zero-order valence-electron chi connectivity index (χ0n) is 12.5. The Hall–Kier alpha value is -1.57. The van der Waals surface area contributed by atoms with E-state index in [4.69, 9.17) is 0 Å². The van der Waals surface area contributed by atoms with Gasteiger partial charge in [-0.05, 0) is 32.9 Å². The molecule has 0 saturated heterocycles. The lowest BCUT2D eigenvalue weighted by atomic mass is 10.1. The van der Waals surface area contributed by atoms with E-state index in [0.717, 1.165) is 12.1 Å². The van der Waals surface area contributed by atoms with E-state index in [-0.39, 0.29) is 12.3 Å². The third-order valence-corrected chi connectivity index (χ3v) is 5.67. The Morgan fingerprint density at radius 3 is 2.18 bits per heavy atom. The van der Waals surface area contributed by atoms with Crippen molar-refractivity contribution in [2.45, 2.75) is 31.7 Å². The first kappa shape index (κ1) is 18.5. The van der Waals surface area contributed by atoms with Gasteiger partial charge in [0, 0.05) is 6.54 Å². The molecule has 22 heavy (non-hydrogen) atoms. The normalized spacial score (nSPS) is 13.0. The molecule has 0 heterocycles. The molecule has 1 rings (SSSR count). The summed E-state index contributed by atoms with van der Waals surface area (Å²) in [5.74, 6) is -1.28. The van der Waals surface area contributed by atoms with Gasteiger partial charge in [-0.25, -0.2) is 8.42 Å². The van der Waals surface area contributed by atoms with Crippen LogP contribution < -0.4 is 5.32 Å². The van der Waals surface area contributed by atoms with E-state index in [1.807, 2.05) is 0 Å². The van der Waals surface area contributed by atoms with Crippen LogP contribution in [0.4, 0.5) is 13.2 Å². The van der Waals surface area contributed by atoms with Crippen molar-refractivity contribution in [3.8, 4) is 0 Å². The topological polar surface area (TPSA) is 63.2 Å². The Morgan fingerprint density at radius 2 is 1.68 bits per heavy atom. The van der Waals surface area contributed by atoms with Gasteiger partial charge in [0.15, 0.2) is 9.84 Å². The average molecular weight is 337 g/mol. The summed E-state index contributed by atoms with van der Waals surface area (Å²) in [6.07, 6.45) is -4.65. The molecule has 0 aliphatic heterocycles. The second-order valence-corrected chi connectivity index (χ2v) is 8.59. The van der Waals surface area contributed by atoms with Crippen LogP contribution in [0, 0.1) is 0 Å². The molecule has 4 nitrogen and oxygen atoms in total. The van der Waals surface area contributed by atoms with E-state index in [1.54, 1.807) is 0 Å². The van der Waals surface area contributed by atoms with Gasteiger partial charge in [-0.3, -0.25) is 4.79 Å². The van der Waals surface area contributed by atoms with Gasteiger partial charge in [-0.15, -0.1) is 0 Å². The van der Waals surface area contributed by atoms with Gasteiger partial charge in [-0.2, -0.15) is 13.2 Å². The van der Waals surface area contributed by atoms with Crippen LogP contribution in [0.2, 0.25) is 0 Å². The summed E-state index contributed by atoms with van der Waals surface area (Å²) in [5.41, 5.74) is -1.57. The number of amides is 1. The highest BCUT2D eigenvalue weighted by atomic mass is 32.2. The fraction of sp³-hybridized carbons (Fsp3) is 0.500. The summed E-state index contributed by atoms with van der Waals surface area (Å²) in [7, 11) is -3.45. The molecule has 0 aliphatic carbocycles. The van der Waals surface area contributed by atoms with Gasteiger partial charge in [0.2, 0.25) is 0 Å². The molecule has 1 aromatic rings. The minimum atomic E-state index is -4.65. The molecule has 8 heteroatoms. The molecule has 0 bridgehead atoms. The van der Waals surface area contributed by atoms with Gasteiger partial charge < -0.3 is 5.32 Å². The quantitative estimate of drug-likeness (QED) is 0.919. The molecular weight excluding hydrogens is 319 g/mol. The number of benzene rings is 1. The molecule has 0 fully saturated rings. The third-order valence-electron chi connectivity index (χ3n) is 3.07. The standard InChI is InChI=1S/C14H18F3NO3S/c1-13(2,3)22(20,21)9-8-18-12(19)10-6-4-5-7-11(10)14(15,16)17/h4-7H,8-9H2,1-3H3,(H,18,19). The van der Waals surface area contributed by atoms with Crippen molar-refractivity contribution in [2.75, 3.05) is 12.3 Å². The predicted molar refractivity (Wildman–Crippen MR) is 77.3 cm³/mol. The lowest BCUT2D eigenvalue weighted by Gasteiger charge is -2.19. The Labute approximate surface area is 127 Å². The summed E-state index contributed by atoms with van der Waals surface area (Å²) < 4.78 is 61.1. The van der Waals surface area contributed by atoms with Crippen molar-refractivity contribution in [1.29, 1.82) is 0 Å². The van der Waals surface area contributed by atoms with Crippen LogP contribution in [-0.4, -0.2) is 31.4 Å². The molecule has 0 radical (unpaired) electrons. The molecule has 0 aromatic heterocycles. The van der Waals surface area contributed by atoms with E-state index in [0.29, 0.717) is 0 Å². The van der Waals surface area contributed by atoms with E-state index in [2.05, 4.69) is 5.32 Å². The second-order valence-electron chi connectivity index (χ2n) is 5.73. The van der Waals surface area contributed by atoms with Gasteiger partial charge >= 0.3 is 6.18 Å². The van der Waals surface area contributed by atoms with Crippen LogP contribution in [-0.2, 0) is 16.0 Å². The molecular formula is C14H18F3NO3S. The van der Waals surface area contributed by atoms with Crippen molar-refractivity contribution in [1.82, 2.24) is 5.32 Å². The van der Waals surface area contributed by atoms with Crippen molar-refractivity contribution < 1.29 is 26.4 Å². The first-order valence-electron chi connectivity index (χ1n) is 6.53. The molecule has 124 valence electrons. The second kappa shape index (κ2) is 6.28. The number of hydrogen-bond donors (Lipinski definition) is 1. The molecule has 1 aromatic carbocycles. The fourth-order valence-electron chi connectivity index (χ4n) is 1.63. The zero-order valence-corrected chi connectivity index (χ0v) is 13.3. The Morgan fingerprint density at radius 1 is 1.14 bits per heavy atom.